The van der Waals surface area contributed by atoms with Crippen molar-refractivity contribution in [1.29, 1.82) is 0 Å². The summed E-state index contributed by atoms with van der Waals surface area (Å²) in [6, 6.07) is 11.6. The Morgan fingerprint density at radius 3 is 2.81 bits per heavy atom. The first kappa shape index (κ1) is 13.5. The second-order valence-corrected chi connectivity index (χ2v) is 7.62. The molecule has 2 unspecified atom stereocenters. The van der Waals surface area contributed by atoms with Crippen LogP contribution >= 0.6 is 11.3 Å². The molecule has 0 amide bonds. The third-order valence-corrected chi connectivity index (χ3v) is 6.40. The average molecular weight is 297 g/mol. The van der Waals surface area contributed by atoms with Gasteiger partial charge in [0, 0.05) is 16.8 Å². The van der Waals surface area contributed by atoms with Crippen LogP contribution in [0.2, 0.25) is 0 Å². The number of hydrogen-bond acceptors (Lipinski definition) is 2. The van der Waals surface area contributed by atoms with Crippen LogP contribution in [0.1, 0.15) is 71.5 Å². The minimum Gasteiger partial charge on any atom is -0.323 e. The SMILES string of the molecule is NC(c1cccc(C2CCC2)c1)C1CCCc2sccc21. The first-order valence-corrected chi connectivity index (χ1v) is 9.12. The molecule has 2 aromatic rings. The summed E-state index contributed by atoms with van der Waals surface area (Å²) in [6.07, 6.45) is 7.88. The lowest BCUT2D eigenvalue weighted by molar-refractivity contribution is 0.418. The van der Waals surface area contributed by atoms with Crippen molar-refractivity contribution >= 4 is 11.3 Å². The summed E-state index contributed by atoms with van der Waals surface area (Å²) < 4.78 is 0. The van der Waals surface area contributed by atoms with E-state index in [1.165, 1.54) is 55.2 Å². The Hall–Kier alpha value is -1.12. The molecule has 0 spiro atoms. The Balaban J connectivity index is 1.62. The molecule has 4 rings (SSSR count). The van der Waals surface area contributed by atoms with Crippen LogP contribution in [0.15, 0.2) is 35.7 Å². The largest absolute Gasteiger partial charge is 0.323 e. The first-order valence-electron chi connectivity index (χ1n) is 8.24. The lowest BCUT2D eigenvalue weighted by Gasteiger charge is -2.30. The van der Waals surface area contributed by atoms with Gasteiger partial charge in [-0.1, -0.05) is 30.7 Å². The van der Waals surface area contributed by atoms with E-state index >= 15 is 0 Å². The molecule has 1 nitrogen and oxygen atoms in total. The predicted octanol–water partition coefficient (Wildman–Crippen LogP) is 5.14. The molecule has 1 heterocycles. The van der Waals surface area contributed by atoms with E-state index in [1.807, 2.05) is 11.3 Å². The normalized spacial score (nSPS) is 23.4. The van der Waals surface area contributed by atoms with Crippen molar-refractivity contribution in [2.75, 3.05) is 0 Å². The second kappa shape index (κ2) is 5.58. The van der Waals surface area contributed by atoms with Gasteiger partial charge < -0.3 is 5.73 Å². The molecule has 1 aromatic carbocycles. The molecule has 0 radical (unpaired) electrons. The highest BCUT2D eigenvalue weighted by atomic mass is 32.1. The van der Waals surface area contributed by atoms with Crippen molar-refractivity contribution in [1.82, 2.24) is 0 Å². The summed E-state index contributed by atoms with van der Waals surface area (Å²) in [7, 11) is 0. The van der Waals surface area contributed by atoms with Crippen molar-refractivity contribution in [3.05, 3.63) is 57.3 Å². The molecule has 2 aliphatic carbocycles. The molecule has 2 N–H and O–H groups in total. The molecule has 2 heteroatoms. The van der Waals surface area contributed by atoms with Gasteiger partial charge in [-0.05, 0) is 66.2 Å². The number of aryl methyl sites for hydroxylation is 1. The van der Waals surface area contributed by atoms with E-state index < -0.39 is 0 Å². The van der Waals surface area contributed by atoms with Crippen molar-refractivity contribution in [3.63, 3.8) is 0 Å². The fourth-order valence-electron chi connectivity index (χ4n) is 3.89. The molecule has 2 atom stereocenters. The molecule has 110 valence electrons. The Kier molecular flexibility index (Phi) is 3.60. The maximum atomic E-state index is 6.68. The van der Waals surface area contributed by atoms with Crippen LogP contribution in [-0.4, -0.2) is 0 Å². The summed E-state index contributed by atoms with van der Waals surface area (Å²) in [6.45, 7) is 0. The van der Waals surface area contributed by atoms with Gasteiger partial charge in [-0.2, -0.15) is 0 Å². The first-order chi connectivity index (χ1) is 10.3. The number of nitrogens with two attached hydrogens (primary N) is 1. The highest BCUT2D eigenvalue weighted by molar-refractivity contribution is 7.10. The van der Waals surface area contributed by atoms with Crippen molar-refractivity contribution < 1.29 is 0 Å². The fourth-order valence-corrected chi connectivity index (χ4v) is 4.89. The fraction of sp³-hybridized carbons (Fsp3) is 0.474. The van der Waals surface area contributed by atoms with Crippen LogP contribution in [-0.2, 0) is 6.42 Å². The number of benzene rings is 1. The standard InChI is InChI=1S/C19H23NS/c20-19(17-8-3-9-18-16(17)10-11-21-18)15-7-2-6-14(12-15)13-4-1-5-13/h2,6-7,10-13,17,19H,1,3-5,8-9,20H2. The lowest BCUT2D eigenvalue weighted by atomic mass is 9.77. The number of fused-ring (bicyclic) bond motifs is 1. The van der Waals surface area contributed by atoms with E-state index in [0.717, 1.165) is 5.92 Å². The van der Waals surface area contributed by atoms with Crippen LogP contribution in [0.5, 0.6) is 0 Å². The number of thiophene rings is 1. The van der Waals surface area contributed by atoms with Crippen molar-refractivity contribution in [2.45, 2.75) is 56.4 Å². The minimum atomic E-state index is 0.152. The van der Waals surface area contributed by atoms with E-state index in [1.54, 1.807) is 4.88 Å². The summed E-state index contributed by atoms with van der Waals surface area (Å²) in [4.78, 5) is 1.57. The van der Waals surface area contributed by atoms with E-state index in [9.17, 15) is 0 Å². The number of hydrogen-bond donors (Lipinski definition) is 1. The zero-order chi connectivity index (χ0) is 14.2. The van der Waals surface area contributed by atoms with Gasteiger partial charge in [0.1, 0.15) is 0 Å². The Bertz CT molecular complexity index is 626. The summed E-state index contributed by atoms with van der Waals surface area (Å²) in [5.41, 5.74) is 11.0. The van der Waals surface area contributed by atoms with E-state index in [0.29, 0.717) is 5.92 Å². The molecule has 1 saturated carbocycles. The topological polar surface area (TPSA) is 26.0 Å². The minimum absolute atomic E-state index is 0.152. The summed E-state index contributed by atoms with van der Waals surface area (Å²) in [5, 5.41) is 2.24. The highest BCUT2D eigenvalue weighted by Gasteiger charge is 2.28. The molecular formula is C19H23NS. The maximum absolute atomic E-state index is 6.68. The monoisotopic (exact) mass is 297 g/mol. The van der Waals surface area contributed by atoms with E-state index in [-0.39, 0.29) is 6.04 Å². The van der Waals surface area contributed by atoms with Crippen LogP contribution < -0.4 is 5.73 Å². The van der Waals surface area contributed by atoms with E-state index in [4.69, 9.17) is 5.73 Å². The quantitative estimate of drug-likeness (QED) is 0.834. The van der Waals surface area contributed by atoms with Crippen LogP contribution in [0, 0.1) is 0 Å². The number of rotatable bonds is 3. The third-order valence-electron chi connectivity index (χ3n) is 5.40. The zero-order valence-corrected chi connectivity index (χ0v) is 13.2. The van der Waals surface area contributed by atoms with Gasteiger partial charge >= 0.3 is 0 Å². The van der Waals surface area contributed by atoms with Crippen LogP contribution in [0.25, 0.3) is 0 Å². The molecule has 1 fully saturated rings. The summed E-state index contributed by atoms with van der Waals surface area (Å²) in [5.74, 6) is 1.30. The Morgan fingerprint density at radius 2 is 2.00 bits per heavy atom. The molecule has 2 aliphatic rings. The van der Waals surface area contributed by atoms with Gasteiger partial charge in [0.15, 0.2) is 0 Å². The van der Waals surface area contributed by atoms with Gasteiger partial charge in [0.2, 0.25) is 0 Å². The molecule has 0 saturated heterocycles. The predicted molar refractivity (Wildman–Crippen MR) is 90.0 cm³/mol. The van der Waals surface area contributed by atoms with Gasteiger partial charge in [-0.3, -0.25) is 0 Å². The van der Waals surface area contributed by atoms with Gasteiger partial charge in [0.05, 0.1) is 0 Å². The Labute approximate surface area is 131 Å². The third kappa shape index (κ3) is 2.45. The lowest BCUT2D eigenvalue weighted by Crippen LogP contribution is -2.23. The smallest absolute Gasteiger partial charge is 0.0364 e. The van der Waals surface area contributed by atoms with Crippen molar-refractivity contribution in [2.24, 2.45) is 5.73 Å². The molecular weight excluding hydrogens is 274 g/mol. The van der Waals surface area contributed by atoms with Crippen LogP contribution in [0.4, 0.5) is 0 Å². The van der Waals surface area contributed by atoms with Gasteiger partial charge in [0.25, 0.3) is 0 Å². The summed E-state index contributed by atoms with van der Waals surface area (Å²) >= 11 is 1.91. The highest BCUT2D eigenvalue weighted by Crippen LogP contribution is 2.42. The second-order valence-electron chi connectivity index (χ2n) is 6.62. The Morgan fingerprint density at radius 1 is 1.10 bits per heavy atom. The zero-order valence-electron chi connectivity index (χ0n) is 12.4. The molecule has 0 aliphatic heterocycles. The molecule has 1 aromatic heterocycles. The molecule has 0 bridgehead atoms. The van der Waals surface area contributed by atoms with Crippen molar-refractivity contribution in [3.8, 4) is 0 Å². The van der Waals surface area contributed by atoms with Crippen LogP contribution in [0.3, 0.4) is 0 Å². The van der Waals surface area contributed by atoms with Gasteiger partial charge in [-0.25, -0.2) is 0 Å². The molecule has 21 heavy (non-hydrogen) atoms. The average Bonchev–Trinajstić information content (AvgIpc) is 2.93. The van der Waals surface area contributed by atoms with E-state index in [2.05, 4.69) is 35.7 Å². The van der Waals surface area contributed by atoms with Gasteiger partial charge in [-0.15, -0.1) is 11.3 Å². The maximum Gasteiger partial charge on any atom is 0.0364 e.